The van der Waals surface area contributed by atoms with Gasteiger partial charge < -0.3 is 5.11 Å². The first-order chi connectivity index (χ1) is 9.11. The third kappa shape index (κ3) is 3.29. The van der Waals surface area contributed by atoms with Crippen molar-refractivity contribution in [1.82, 2.24) is 0 Å². The van der Waals surface area contributed by atoms with Gasteiger partial charge in [-0.3, -0.25) is 0 Å². The number of hydrogen-bond acceptors (Lipinski definition) is 1. The molecule has 102 valence electrons. The third-order valence-electron chi connectivity index (χ3n) is 3.56. The lowest BCUT2D eigenvalue weighted by molar-refractivity contribution is 0.238. The Hall–Kier alpha value is -1.48. The van der Waals surface area contributed by atoms with E-state index < -0.39 is 11.6 Å². The Kier molecular flexibility index (Phi) is 4.48. The topological polar surface area (TPSA) is 20.2 Å². The van der Waals surface area contributed by atoms with E-state index in [1.165, 1.54) is 0 Å². The first kappa shape index (κ1) is 13.9. The largest absolute Gasteiger partial charge is 0.396 e. The molecule has 0 radical (unpaired) electrons. The molecule has 1 N–H and O–H groups in total. The van der Waals surface area contributed by atoms with E-state index in [1.54, 1.807) is 25.1 Å². The minimum atomic E-state index is -0.788. The van der Waals surface area contributed by atoms with Crippen molar-refractivity contribution < 1.29 is 13.9 Å². The van der Waals surface area contributed by atoms with E-state index >= 15 is 0 Å². The molecular weight excluding hydrogens is 246 g/mol. The lowest BCUT2D eigenvalue weighted by atomic mass is 9.88. The minimum Gasteiger partial charge on any atom is -0.396 e. The molecule has 1 aromatic rings. The summed E-state index contributed by atoms with van der Waals surface area (Å²) in [5.74, 6) is -1.10. The molecule has 0 bridgehead atoms. The summed E-state index contributed by atoms with van der Waals surface area (Å²) in [4.78, 5) is 0. The van der Waals surface area contributed by atoms with E-state index in [0.29, 0.717) is 5.56 Å². The smallest absolute Gasteiger partial charge is 0.166 e. The van der Waals surface area contributed by atoms with Gasteiger partial charge in [-0.2, -0.15) is 0 Å². The van der Waals surface area contributed by atoms with Crippen LogP contribution in [0.5, 0.6) is 0 Å². The van der Waals surface area contributed by atoms with Crippen molar-refractivity contribution in [2.24, 2.45) is 11.8 Å². The highest BCUT2D eigenvalue weighted by molar-refractivity contribution is 5.51. The van der Waals surface area contributed by atoms with Crippen LogP contribution >= 0.6 is 0 Å². The third-order valence-corrected chi connectivity index (χ3v) is 3.56. The van der Waals surface area contributed by atoms with Gasteiger partial charge in [0.2, 0.25) is 0 Å². The summed E-state index contributed by atoms with van der Waals surface area (Å²) in [5.41, 5.74) is 0.596. The first-order valence-corrected chi connectivity index (χ1v) is 6.53. The fourth-order valence-electron chi connectivity index (χ4n) is 2.23. The molecule has 1 aliphatic carbocycles. The molecule has 2 atom stereocenters. The lowest BCUT2D eigenvalue weighted by Gasteiger charge is -2.18. The summed E-state index contributed by atoms with van der Waals surface area (Å²) in [6, 6.07) is 3.17. The molecule has 1 aliphatic rings. The Balaban J connectivity index is 2.10. The average Bonchev–Trinajstić information content (AvgIpc) is 2.45. The van der Waals surface area contributed by atoms with Crippen molar-refractivity contribution >= 4 is 6.08 Å². The number of allylic oxidation sites excluding steroid dienone is 2. The maximum absolute atomic E-state index is 13.7. The summed E-state index contributed by atoms with van der Waals surface area (Å²) in [6.45, 7) is 1.72. The Bertz CT molecular complexity index is 506. The predicted molar refractivity (Wildman–Crippen MR) is 72.6 cm³/mol. The molecule has 0 saturated heterocycles. The summed E-state index contributed by atoms with van der Waals surface area (Å²) in [6.07, 6.45) is 9.37. The van der Waals surface area contributed by atoms with Gasteiger partial charge in [-0.15, -0.1) is 0 Å². The van der Waals surface area contributed by atoms with Crippen LogP contribution in [0.25, 0.3) is 6.08 Å². The number of aryl methyl sites for hydroxylation is 1. The zero-order valence-corrected chi connectivity index (χ0v) is 10.9. The van der Waals surface area contributed by atoms with Crippen LogP contribution < -0.4 is 0 Å². The summed E-state index contributed by atoms with van der Waals surface area (Å²) in [7, 11) is 0. The average molecular weight is 264 g/mol. The van der Waals surface area contributed by atoms with Gasteiger partial charge in [-0.1, -0.05) is 36.4 Å². The zero-order valence-electron chi connectivity index (χ0n) is 10.9. The molecule has 0 saturated carbocycles. The zero-order chi connectivity index (χ0) is 13.8. The number of aliphatic hydroxyl groups is 1. The van der Waals surface area contributed by atoms with Crippen molar-refractivity contribution in [2.45, 2.75) is 19.8 Å². The second-order valence-corrected chi connectivity index (χ2v) is 5.03. The maximum Gasteiger partial charge on any atom is 0.166 e. The van der Waals surface area contributed by atoms with E-state index in [9.17, 15) is 8.78 Å². The maximum atomic E-state index is 13.7. The number of benzene rings is 1. The Labute approximate surface area is 112 Å². The van der Waals surface area contributed by atoms with Gasteiger partial charge in [0.25, 0.3) is 0 Å². The summed E-state index contributed by atoms with van der Waals surface area (Å²) >= 11 is 0. The molecule has 1 aromatic carbocycles. The van der Waals surface area contributed by atoms with Crippen LogP contribution in [-0.2, 0) is 0 Å². The van der Waals surface area contributed by atoms with Crippen molar-refractivity contribution in [2.75, 3.05) is 6.61 Å². The van der Waals surface area contributed by atoms with Crippen LogP contribution in [0.2, 0.25) is 0 Å². The summed E-state index contributed by atoms with van der Waals surface area (Å²) in [5, 5.41) is 9.02. The molecule has 0 aromatic heterocycles. The van der Waals surface area contributed by atoms with Gasteiger partial charge in [0.1, 0.15) is 0 Å². The highest BCUT2D eigenvalue weighted by Crippen LogP contribution is 2.24. The van der Waals surface area contributed by atoms with Crippen LogP contribution in [0.3, 0.4) is 0 Å². The van der Waals surface area contributed by atoms with Crippen LogP contribution in [0.1, 0.15) is 24.0 Å². The summed E-state index contributed by atoms with van der Waals surface area (Å²) < 4.78 is 27.1. The normalized spacial score (nSPS) is 23.2. The second-order valence-electron chi connectivity index (χ2n) is 5.03. The van der Waals surface area contributed by atoms with Gasteiger partial charge in [-0.05, 0) is 37.2 Å². The van der Waals surface area contributed by atoms with E-state index in [4.69, 9.17) is 5.11 Å². The van der Waals surface area contributed by atoms with Crippen molar-refractivity contribution in [3.8, 4) is 0 Å². The Morgan fingerprint density at radius 1 is 1.21 bits per heavy atom. The lowest BCUT2D eigenvalue weighted by Crippen LogP contribution is -2.10. The molecule has 1 nitrogen and oxygen atoms in total. The molecule has 0 spiro atoms. The van der Waals surface area contributed by atoms with Crippen molar-refractivity contribution in [3.63, 3.8) is 0 Å². The minimum absolute atomic E-state index is 0.171. The van der Waals surface area contributed by atoms with Crippen LogP contribution in [0.4, 0.5) is 8.78 Å². The molecule has 2 unspecified atom stereocenters. The predicted octanol–water partition coefficient (Wildman–Crippen LogP) is 3.86. The highest BCUT2D eigenvalue weighted by Gasteiger charge is 2.13. The Morgan fingerprint density at radius 3 is 2.63 bits per heavy atom. The molecule has 0 heterocycles. The number of hydrogen-bond donors (Lipinski definition) is 1. The molecule has 0 aliphatic heterocycles. The van der Waals surface area contributed by atoms with Crippen molar-refractivity contribution in [1.29, 1.82) is 0 Å². The van der Waals surface area contributed by atoms with Gasteiger partial charge in [0, 0.05) is 12.2 Å². The van der Waals surface area contributed by atoms with E-state index in [-0.39, 0.29) is 24.0 Å². The van der Waals surface area contributed by atoms with Gasteiger partial charge >= 0.3 is 0 Å². The fraction of sp³-hybridized carbons (Fsp3) is 0.375. The van der Waals surface area contributed by atoms with Crippen LogP contribution in [-0.4, -0.2) is 11.7 Å². The molecule has 0 fully saturated rings. The van der Waals surface area contributed by atoms with E-state index in [0.717, 1.165) is 12.8 Å². The number of halogens is 2. The Morgan fingerprint density at radius 2 is 2.00 bits per heavy atom. The van der Waals surface area contributed by atoms with Crippen molar-refractivity contribution in [3.05, 3.63) is 53.1 Å². The SMILES string of the molecule is Cc1ccc(/C=C/C2C=CC(CO)CC2)c(F)c1F. The quantitative estimate of drug-likeness (QED) is 0.822. The standard InChI is InChI=1S/C16H18F2O/c1-11-2-8-14(16(18)15(11)17)9-7-12-3-5-13(10-19)6-4-12/h2-3,5,7-9,12-13,19H,4,6,10H2,1H3/b9-7+. The number of rotatable bonds is 3. The van der Waals surface area contributed by atoms with E-state index in [1.807, 2.05) is 18.2 Å². The van der Waals surface area contributed by atoms with Gasteiger partial charge in [-0.25, -0.2) is 8.78 Å². The monoisotopic (exact) mass is 264 g/mol. The number of aliphatic hydroxyl groups excluding tert-OH is 1. The molecule has 0 amide bonds. The molecular formula is C16H18F2O. The first-order valence-electron chi connectivity index (χ1n) is 6.53. The highest BCUT2D eigenvalue weighted by atomic mass is 19.2. The molecule has 3 heteroatoms. The second kappa shape index (κ2) is 6.11. The molecule has 2 rings (SSSR count). The van der Waals surface area contributed by atoms with E-state index in [2.05, 4.69) is 0 Å². The van der Waals surface area contributed by atoms with Gasteiger partial charge in [0.15, 0.2) is 11.6 Å². The van der Waals surface area contributed by atoms with Crippen LogP contribution in [0, 0.1) is 30.4 Å². The molecule has 19 heavy (non-hydrogen) atoms. The van der Waals surface area contributed by atoms with Crippen LogP contribution in [0.15, 0.2) is 30.4 Å². The van der Waals surface area contributed by atoms with Gasteiger partial charge in [0.05, 0.1) is 0 Å². The fourth-order valence-corrected chi connectivity index (χ4v) is 2.23.